The van der Waals surface area contributed by atoms with Gasteiger partial charge in [-0.05, 0) is 24.6 Å². The van der Waals surface area contributed by atoms with E-state index in [1.165, 1.54) is 5.56 Å². The average molecular weight is 297 g/mol. The molecule has 110 valence electrons. The van der Waals surface area contributed by atoms with Crippen molar-refractivity contribution < 1.29 is 9.53 Å². The van der Waals surface area contributed by atoms with Crippen LogP contribution in [0.3, 0.4) is 0 Å². The minimum atomic E-state index is 0.112. The van der Waals surface area contributed by atoms with Gasteiger partial charge in [0.1, 0.15) is 5.75 Å². The van der Waals surface area contributed by atoms with Crippen molar-refractivity contribution in [2.45, 2.75) is 32.4 Å². The second-order valence-electron chi connectivity index (χ2n) is 5.43. The van der Waals surface area contributed by atoms with E-state index in [9.17, 15) is 4.79 Å². The Labute approximate surface area is 125 Å². The lowest BCUT2D eigenvalue weighted by atomic mass is 10.1. The molecule has 1 amide bonds. The van der Waals surface area contributed by atoms with Crippen molar-refractivity contribution in [2.75, 3.05) is 20.7 Å². The maximum absolute atomic E-state index is 11.6. The molecular weight excluding hydrogens is 276 g/mol. The highest BCUT2D eigenvalue weighted by atomic mass is 35.5. The zero-order valence-corrected chi connectivity index (χ0v) is 13.0. The van der Waals surface area contributed by atoms with Crippen molar-refractivity contribution in [3.05, 3.63) is 28.3 Å². The first kappa shape index (κ1) is 15.1. The van der Waals surface area contributed by atoms with E-state index in [0.29, 0.717) is 13.0 Å². The van der Waals surface area contributed by atoms with Crippen molar-refractivity contribution in [1.29, 1.82) is 0 Å². The summed E-state index contributed by atoms with van der Waals surface area (Å²) < 4.78 is 5.66. The fraction of sp³-hybridized carbons (Fsp3) is 0.533. The lowest BCUT2D eigenvalue weighted by molar-refractivity contribution is -0.129. The van der Waals surface area contributed by atoms with Gasteiger partial charge in [0.2, 0.25) is 5.91 Å². The maximum atomic E-state index is 11.6. The van der Waals surface area contributed by atoms with E-state index < -0.39 is 0 Å². The molecule has 1 N–H and O–H groups in total. The summed E-state index contributed by atoms with van der Waals surface area (Å²) >= 11 is 6.13. The van der Waals surface area contributed by atoms with Crippen LogP contribution in [-0.2, 0) is 17.8 Å². The Balaban J connectivity index is 1.96. The van der Waals surface area contributed by atoms with Crippen LogP contribution in [0.2, 0.25) is 5.02 Å². The predicted octanol–water partition coefficient (Wildman–Crippen LogP) is 2.23. The van der Waals surface area contributed by atoms with Crippen molar-refractivity contribution in [3.8, 4) is 5.75 Å². The molecule has 0 saturated carbocycles. The lowest BCUT2D eigenvalue weighted by Crippen LogP contribution is -2.33. The molecule has 0 radical (unpaired) electrons. The molecule has 4 nitrogen and oxygen atoms in total. The van der Waals surface area contributed by atoms with Gasteiger partial charge in [-0.15, -0.1) is 0 Å². The van der Waals surface area contributed by atoms with E-state index >= 15 is 0 Å². The number of carbonyl (C=O) groups excluding carboxylic acids is 1. The molecule has 0 spiro atoms. The van der Waals surface area contributed by atoms with Crippen LogP contribution in [0.5, 0.6) is 5.75 Å². The standard InChI is InChI=1S/C15H21ClN2O2/c1-10(6-14(19)18(2)3)17-9-12-8-13(16)7-11-4-5-20-15(11)12/h7-8,10,17H,4-6,9H2,1-3H3/t10-/m0/s1. The first-order chi connectivity index (χ1) is 9.47. The molecule has 2 rings (SSSR count). The smallest absolute Gasteiger partial charge is 0.223 e. The predicted molar refractivity (Wildman–Crippen MR) is 80.3 cm³/mol. The number of amides is 1. The summed E-state index contributed by atoms with van der Waals surface area (Å²) in [7, 11) is 3.54. The highest BCUT2D eigenvalue weighted by Crippen LogP contribution is 2.32. The van der Waals surface area contributed by atoms with E-state index in [0.717, 1.165) is 29.4 Å². The third kappa shape index (κ3) is 3.64. The minimum Gasteiger partial charge on any atom is -0.493 e. The Morgan fingerprint density at radius 1 is 1.50 bits per heavy atom. The molecule has 1 aromatic carbocycles. The topological polar surface area (TPSA) is 41.6 Å². The number of ether oxygens (including phenoxy) is 1. The van der Waals surface area contributed by atoms with Gasteiger partial charge < -0.3 is 15.0 Å². The van der Waals surface area contributed by atoms with Crippen LogP contribution >= 0.6 is 11.6 Å². The number of nitrogens with one attached hydrogen (secondary N) is 1. The van der Waals surface area contributed by atoms with Gasteiger partial charge in [-0.1, -0.05) is 11.6 Å². The first-order valence-corrected chi connectivity index (χ1v) is 7.23. The van der Waals surface area contributed by atoms with E-state index in [1.54, 1.807) is 19.0 Å². The molecule has 0 saturated heterocycles. The molecular formula is C15H21ClN2O2. The average Bonchev–Trinajstić information content (AvgIpc) is 2.83. The van der Waals surface area contributed by atoms with Crippen molar-refractivity contribution in [2.24, 2.45) is 0 Å². The van der Waals surface area contributed by atoms with Gasteiger partial charge >= 0.3 is 0 Å². The zero-order chi connectivity index (χ0) is 14.7. The zero-order valence-electron chi connectivity index (χ0n) is 12.2. The Morgan fingerprint density at radius 3 is 2.95 bits per heavy atom. The van der Waals surface area contributed by atoms with Crippen LogP contribution in [0.1, 0.15) is 24.5 Å². The quantitative estimate of drug-likeness (QED) is 0.906. The van der Waals surface area contributed by atoms with Crippen LogP contribution in [0.25, 0.3) is 0 Å². The maximum Gasteiger partial charge on any atom is 0.223 e. The van der Waals surface area contributed by atoms with Crippen LogP contribution in [0.4, 0.5) is 0 Å². The van der Waals surface area contributed by atoms with Crippen LogP contribution in [0, 0.1) is 0 Å². The highest BCUT2D eigenvalue weighted by Gasteiger charge is 2.18. The number of halogens is 1. The summed E-state index contributed by atoms with van der Waals surface area (Å²) in [5, 5.41) is 4.09. The lowest BCUT2D eigenvalue weighted by Gasteiger charge is -2.17. The molecule has 0 aliphatic carbocycles. The molecule has 1 aliphatic rings. The Morgan fingerprint density at radius 2 is 2.25 bits per heavy atom. The summed E-state index contributed by atoms with van der Waals surface area (Å²) in [5.41, 5.74) is 2.24. The summed E-state index contributed by atoms with van der Waals surface area (Å²) in [5.74, 6) is 1.07. The third-order valence-electron chi connectivity index (χ3n) is 3.45. The van der Waals surface area contributed by atoms with Crippen LogP contribution < -0.4 is 10.1 Å². The Kier molecular flexibility index (Phi) is 4.89. The van der Waals surface area contributed by atoms with Crippen molar-refractivity contribution in [3.63, 3.8) is 0 Å². The number of nitrogens with zero attached hydrogens (tertiary/aromatic N) is 1. The minimum absolute atomic E-state index is 0.112. The van der Waals surface area contributed by atoms with Gasteiger partial charge in [0.25, 0.3) is 0 Å². The summed E-state index contributed by atoms with van der Waals surface area (Å²) in [6.45, 7) is 3.38. The molecule has 0 unspecified atom stereocenters. The molecule has 1 atom stereocenters. The largest absolute Gasteiger partial charge is 0.493 e. The number of hydrogen-bond acceptors (Lipinski definition) is 3. The van der Waals surface area contributed by atoms with E-state index in [2.05, 4.69) is 5.32 Å². The van der Waals surface area contributed by atoms with Gasteiger partial charge in [0.15, 0.2) is 0 Å². The van der Waals surface area contributed by atoms with Gasteiger partial charge in [-0.2, -0.15) is 0 Å². The molecule has 1 aliphatic heterocycles. The van der Waals surface area contributed by atoms with Crippen LogP contribution in [-0.4, -0.2) is 37.6 Å². The van der Waals surface area contributed by atoms with Gasteiger partial charge in [-0.25, -0.2) is 0 Å². The molecule has 1 heterocycles. The molecule has 20 heavy (non-hydrogen) atoms. The number of hydrogen-bond donors (Lipinski definition) is 1. The van der Waals surface area contributed by atoms with Gasteiger partial charge in [-0.3, -0.25) is 4.79 Å². The number of carbonyl (C=O) groups is 1. The second-order valence-corrected chi connectivity index (χ2v) is 5.86. The van der Waals surface area contributed by atoms with Crippen molar-refractivity contribution >= 4 is 17.5 Å². The summed E-state index contributed by atoms with van der Waals surface area (Å²) in [4.78, 5) is 13.3. The molecule has 0 aromatic heterocycles. The third-order valence-corrected chi connectivity index (χ3v) is 3.66. The van der Waals surface area contributed by atoms with E-state index in [1.807, 2.05) is 19.1 Å². The molecule has 5 heteroatoms. The Hall–Kier alpha value is -1.26. The molecule has 1 aromatic rings. The fourth-order valence-electron chi connectivity index (χ4n) is 2.28. The normalized spacial score (nSPS) is 14.6. The SMILES string of the molecule is C[C@@H](CC(=O)N(C)C)NCc1cc(Cl)cc2c1OCC2. The summed E-state index contributed by atoms with van der Waals surface area (Å²) in [6, 6.07) is 4.01. The fourth-order valence-corrected chi connectivity index (χ4v) is 2.54. The molecule has 0 fully saturated rings. The monoisotopic (exact) mass is 296 g/mol. The van der Waals surface area contributed by atoms with E-state index in [4.69, 9.17) is 16.3 Å². The van der Waals surface area contributed by atoms with Crippen LogP contribution in [0.15, 0.2) is 12.1 Å². The van der Waals surface area contributed by atoms with E-state index in [-0.39, 0.29) is 11.9 Å². The van der Waals surface area contributed by atoms with Crippen molar-refractivity contribution in [1.82, 2.24) is 10.2 Å². The van der Waals surface area contributed by atoms with Gasteiger partial charge in [0.05, 0.1) is 6.61 Å². The van der Waals surface area contributed by atoms with Gasteiger partial charge in [0, 0.05) is 50.1 Å². The number of rotatable bonds is 5. The highest BCUT2D eigenvalue weighted by molar-refractivity contribution is 6.30. The number of fused-ring (bicyclic) bond motifs is 1. The second kappa shape index (κ2) is 6.46. The first-order valence-electron chi connectivity index (χ1n) is 6.85. The molecule has 0 bridgehead atoms. The summed E-state index contributed by atoms with van der Waals surface area (Å²) in [6.07, 6.45) is 1.40. The Bertz CT molecular complexity index is 503. The number of benzene rings is 1.